The topological polar surface area (TPSA) is 147 Å². The molecule has 8 rings (SSSR count). The van der Waals surface area contributed by atoms with E-state index in [1.165, 1.54) is 0 Å². The lowest BCUT2D eigenvalue weighted by Gasteiger charge is -2.31. The maximum Gasteiger partial charge on any atom is 0.252 e. The summed E-state index contributed by atoms with van der Waals surface area (Å²) < 4.78 is 25.3. The lowest BCUT2D eigenvalue weighted by molar-refractivity contribution is -0.128. The Morgan fingerprint density at radius 1 is 0.682 bits per heavy atom. The minimum absolute atomic E-state index is 0.0349. The molecule has 0 aromatic heterocycles. The van der Waals surface area contributed by atoms with Crippen LogP contribution in [0.3, 0.4) is 0 Å². The van der Waals surface area contributed by atoms with E-state index in [0.717, 1.165) is 44.5 Å². The van der Waals surface area contributed by atoms with E-state index in [4.69, 9.17) is 23.9 Å². The number of carbonyl (C=O) groups is 1. The van der Waals surface area contributed by atoms with Crippen molar-refractivity contribution in [2.75, 3.05) is 19.8 Å². The number of aliphatic hydroxyl groups is 1. The smallest absolute Gasteiger partial charge is 0.252 e. The summed E-state index contributed by atoms with van der Waals surface area (Å²) in [5, 5.41) is 16.4. The average molecular weight is 878 g/mol. The monoisotopic (exact) mass is 877 g/mol. The number of ether oxygens (including phenoxy) is 4. The Labute approximate surface area is 385 Å². The second-order valence-electron chi connectivity index (χ2n) is 15.9. The molecule has 0 radical (unpaired) electrons. The van der Waals surface area contributed by atoms with Gasteiger partial charge < -0.3 is 29.4 Å². The van der Waals surface area contributed by atoms with Crippen LogP contribution in [-0.4, -0.2) is 42.2 Å². The maximum atomic E-state index is 15.3. The summed E-state index contributed by atoms with van der Waals surface area (Å²) >= 11 is 0. The van der Waals surface area contributed by atoms with E-state index in [-0.39, 0.29) is 32.0 Å². The van der Waals surface area contributed by atoms with Gasteiger partial charge in [-0.1, -0.05) is 151 Å². The van der Waals surface area contributed by atoms with Crippen molar-refractivity contribution in [3.8, 4) is 28.4 Å². The minimum Gasteiger partial charge on any atom is -0.494 e. The summed E-state index contributed by atoms with van der Waals surface area (Å²) in [6.07, 6.45) is 0.308. The van der Waals surface area contributed by atoms with Crippen molar-refractivity contribution >= 4 is 11.8 Å². The fraction of sp³-hybridized carbons (Fsp3) is 0.200. The summed E-state index contributed by atoms with van der Waals surface area (Å²) in [4.78, 5) is 23.6. The summed E-state index contributed by atoms with van der Waals surface area (Å²) in [5.41, 5.74) is 15.9. The van der Waals surface area contributed by atoms with Gasteiger partial charge in [0.15, 0.2) is 23.1 Å². The lowest BCUT2D eigenvalue weighted by atomic mass is 9.80. The number of azide groups is 1. The Hall–Kier alpha value is -7.85. The van der Waals surface area contributed by atoms with Crippen LogP contribution in [0.1, 0.15) is 51.5 Å². The number of carbonyl (C=O) groups excluding carboxylic acids is 1. The van der Waals surface area contributed by atoms with E-state index in [9.17, 15) is 10.6 Å². The highest BCUT2D eigenvalue weighted by molar-refractivity contribution is 6.01. The largest absolute Gasteiger partial charge is 0.494 e. The van der Waals surface area contributed by atoms with Crippen LogP contribution in [0.5, 0.6) is 17.2 Å². The second-order valence-corrected chi connectivity index (χ2v) is 15.9. The van der Waals surface area contributed by atoms with Gasteiger partial charge in [0, 0.05) is 36.5 Å². The molecule has 66 heavy (non-hydrogen) atoms. The maximum absolute atomic E-state index is 15.3. The third kappa shape index (κ3) is 11.3. The van der Waals surface area contributed by atoms with E-state index in [0.29, 0.717) is 61.4 Å². The number of aliphatic hydroxyl groups excluding tert-OH is 1. The molecular weight excluding hydrogens is 827 g/mol. The molecular formula is C55H51N5O6. The number of benzene rings is 7. The number of nitrogens with zero attached hydrogens (tertiary/aromatic N) is 4. The van der Waals surface area contributed by atoms with Crippen molar-refractivity contribution in [2.45, 2.75) is 50.7 Å². The first-order valence-electron chi connectivity index (χ1n) is 22.1. The van der Waals surface area contributed by atoms with Crippen molar-refractivity contribution < 1.29 is 28.8 Å². The Morgan fingerprint density at radius 3 is 1.95 bits per heavy atom. The van der Waals surface area contributed by atoms with Gasteiger partial charge in [-0.05, 0) is 92.9 Å². The standard InChI is InChI=1S/C55H51N5O6/c56-60-58-37-48-20-11-10-19-47(48)36-55(54(62)57-32-31-40-21-30-50(64-38-41-13-4-1-5-14-41)51(35-40)65-39-42-15-6-2-7-16-42)52(45-24-22-44(23-25-45)43-17-8-3-9-18-43)66-53(59-55)46-26-28-49(29-27-46)63-34-12-33-61/h1-11,13-30,35,52,61H,12,31-34,36-39H2,(H,57,62)/t52-,55-/m1/s1. The number of amides is 1. The SMILES string of the molecule is [N-]=[N+]=NCc1ccccc1C[C@@]1(C(=O)NCCc2ccc(OCc3ccccc3)c(OCc3ccccc3)c2)N=C(c2ccc(OCCCO)cc2)O[C@@H]1c1ccc(-c2ccccc2)cc1. The van der Waals surface area contributed by atoms with Gasteiger partial charge in [-0.3, -0.25) is 4.79 Å². The van der Waals surface area contributed by atoms with Crippen molar-refractivity contribution in [2.24, 2.45) is 10.1 Å². The first kappa shape index (κ1) is 44.7. The fourth-order valence-corrected chi connectivity index (χ4v) is 7.93. The van der Waals surface area contributed by atoms with Crippen LogP contribution >= 0.6 is 0 Å². The lowest BCUT2D eigenvalue weighted by Crippen LogP contribution is -2.50. The van der Waals surface area contributed by atoms with Crippen LogP contribution in [0.2, 0.25) is 0 Å². The molecule has 7 aromatic rings. The van der Waals surface area contributed by atoms with Gasteiger partial charge in [0.1, 0.15) is 19.0 Å². The normalized spacial score (nSPS) is 15.2. The van der Waals surface area contributed by atoms with E-state index in [1.54, 1.807) is 0 Å². The Bertz CT molecular complexity index is 2750. The molecule has 7 aromatic carbocycles. The Morgan fingerprint density at radius 2 is 1.29 bits per heavy atom. The molecule has 0 fully saturated rings. The first-order valence-corrected chi connectivity index (χ1v) is 22.1. The summed E-state index contributed by atoms with van der Waals surface area (Å²) in [5.74, 6) is 1.86. The van der Waals surface area contributed by atoms with E-state index in [1.807, 2.05) is 170 Å². The zero-order valence-electron chi connectivity index (χ0n) is 36.5. The van der Waals surface area contributed by atoms with Gasteiger partial charge in [0.2, 0.25) is 5.90 Å². The molecule has 0 saturated carbocycles. The number of nitrogens with one attached hydrogen (secondary N) is 1. The summed E-state index contributed by atoms with van der Waals surface area (Å²) in [6, 6.07) is 59.0. The second kappa shape index (κ2) is 22.2. The number of rotatable bonds is 21. The molecule has 2 atom stereocenters. The predicted octanol–water partition coefficient (Wildman–Crippen LogP) is 10.9. The average Bonchev–Trinajstić information content (AvgIpc) is 3.76. The molecule has 0 aliphatic carbocycles. The van der Waals surface area contributed by atoms with Crippen molar-refractivity contribution in [1.29, 1.82) is 0 Å². The molecule has 1 heterocycles. The predicted molar refractivity (Wildman–Crippen MR) is 256 cm³/mol. The third-order valence-corrected chi connectivity index (χ3v) is 11.4. The molecule has 1 aliphatic rings. The molecule has 11 nitrogen and oxygen atoms in total. The molecule has 0 unspecified atom stereocenters. The molecule has 1 amide bonds. The third-order valence-electron chi connectivity index (χ3n) is 11.4. The summed E-state index contributed by atoms with van der Waals surface area (Å²) in [7, 11) is 0. The molecule has 0 spiro atoms. The molecule has 11 heteroatoms. The quantitative estimate of drug-likeness (QED) is 0.0318. The van der Waals surface area contributed by atoms with E-state index >= 15 is 4.79 Å². The van der Waals surface area contributed by atoms with Gasteiger partial charge >= 0.3 is 0 Å². The van der Waals surface area contributed by atoms with Gasteiger partial charge in [-0.25, -0.2) is 4.99 Å². The van der Waals surface area contributed by atoms with Gasteiger partial charge in [0.05, 0.1) is 13.2 Å². The van der Waals surface area contributed by atoms with E-state index in [2.05, 4.69) is 27.5 Å². The number of hydrogen-bond acceptors (Lipinski definition) is 8. The van der Waals surface area contributed by atoms with Crippen LogP contribution in [0, 0.1) is 0 Å². The first-order chi connectivity index (χ1) is 32.5. The number of hydrogen-bond donors (Lipinski definition) is 2. The van der Waals surface area contributed by atoms with Crippen molar-refractivity contribution in [3.63, 3.8) is 0 Å². The van der Waals surface area contributed by atoms with Crippen LogP contribution in [-0.2, 0) is 42.1 Å². The van der Waals surface area contributed by atoms with Gasteiger partial charge in [0.25, 0.3) is 5.91 Å². The van der Waals surface area contributed by atoms with Crippen LogP contribution in [0.4, 0.5) is 0 Å². The van der Waals surface area contributed by atoms with Gasteiger partial charge in [-0.15, -0.1) is 0 Å². The van der Waals surface area contributed by atoms with Crippen LogP contribution in [0.15, 0.2) is 192 Å². The van der Waals surface area contributed by atoms with Crippen molar-refractivity contribution in [1.82, 2.24) is 5.32 Å². The minimum atomic E-state index is -1.49. The highest BCUT2D eigenvalue weighted by atomic mass is 16.5. The highest BCUT2D eigenvalue weighted by Crippen LogP contribution is 2.44. The molecule has 1 aliphatic heterocycles. The van der Waals surface area contributed by atoms with Crippen molar-refractivity contribution in [3.05, 3.63) is 231 Å². The molecule has 0 saturated heterocycles. The van der Waals surface area contributed by atoms with E-state index < -0.39 is 11.6 Å². The number of aliphatic imine (C=N–C) groups is 1. The molecule has 2 N–H and O–H groups in total. The highest BCUT2D eigenvalue weighted by Gasteiger charge is 2.53. The van der Waals surface area contributed by atoms with Crippen LogP contribution in [0.25, 0.3) is 21.6 Å². The zero-order valence-corrected chi connectivity index (χ0v) is 36.5. The Balaban J connectivity index is 1.12. The Kier molecular flexibility index (Phi) is 15.0. The van der Waals surface area contributed by atoms with Gasteiger partial charge in [-0.2, -0.15) is 0 Å². The summed E-state index contributed by atoms with van der Waals surface area (Å²) in [6.45, 7) is 1.55. The fourth-order valence-electron chi connectivity index (χ4n) is 7.93. The zero-order chi connectivity index (χ0) is 45.4. The molecule has 0 bridgehead atoms. The van der Waals surface area contributed by atoms with Crippen LogP contribution < -0.4 is 19.5 Å². The molecule has 332 valence electrons.